The zero-order valence-corrected chi connectivity index (χ0v) is 11.7. The van der Waals surface area contributed by atoms with E-state index in [1.165, 1.54) is 6.42 Å². The Morgan fingerprint density at radius 1 is 1.26 bits per heavy atom. The second-order valence-corrected chi connectivity index (χ2v) is 5.14. The highest BCUT2D eigenvalue weighted by Crippen LogP contribution is 2.26. The number of aliphatic carboxylic acids is 1. The molecule has 0 heterocycles. The second kappa shape index (κ2) is 8.91. The first kappa shape index (κ1) is 16.0. The first-order chi connectivity index (χ1) is 9.15. The third-order valence-electron chi connectivity index (χ3n) is 3.53. The van der Waals surface area contributed by atoms with Gasteiger partial charge in [-0.1, -0.05) is 26.2 Å². The number of carbonyl (C=O) groups excluding carboxylic acids is 1. The standard InChI is InChI=1S/C14H25NO4/c1-2-9-19-10-8-12(16)15-13(14(17)18)11-6-4-3-5-7-11/h11,13H,2-10H2,1H3,(H,15,16)(H,17,18). The Balaban J connectivity index is 2.35. The van der Waals surface area contributed by atoms with Gasteiger partial charge in [0.25, 0.3) is 0 Å². The molecule has 5 heteroatoms. The predicted octanol–water partition coefficient (Wildman–Crippen LogP) is 1.95. The zero-order valence-electron chi connectivity index (χ0n) is 11.7. The molecule has 1 atom stereocenters. The smallest absolute Gasteiger partial charge is 0.326 e. The number of ether oxygens (including phenoxy) is 1. The van der Waals surface area contributed by atoms with Crippen LogP contribution in [0.3, 0.4) is 0 Å². The lowest BCUT2D eigenvalue weighted by Crippen LogP contribution is -2.46. The van der Waals surface area contributed by atoms with Crippen LogP contribution in [0.15, 0.2) is 0 Å². The highest BCUT2D eigenvalue weighted by molar-refractivity contribution is 5.83. The summed E-state index contributed by atoms with van der Waals surface area (Å²) in [6, 6.07) is -0.737. The van der Waals surface area contributed by atoms with Gasteiger partial charge >= 0.3 is 5.97 Å². The molecule has 0 saturated heterocycles. The van der Waals surface area contributed by atoms with Gasteiger partial charge in [-0.15, -0.1) is 0 Å². The van der Waals surface area contributed by atoms with Crippen molar-refractivity contribution in [3.8, 4) is 0 Å². The molecule has 1 unspecified atom stereocenters. The molecule has 1 amide bonds. The summed E-state index contributed by atoms with van der Waals surface area (Å²) in [7, 11) is 0. The summed E-state index contributed by atoms with van der Waals surface area (Å²) in [6.07, 6.45) is 6.22. The number of amides is 1. The molecule has 2 N–H and O–H groups in total. The Labute approximate surface area is 114 Å². The minimum absolute atomic E-state index is 0.0757. The van der Waals surface area contributed by atoms with Crippen LogP contribution >= 0.6 is 0 Å². The van der Waals surface area contributed by atoms with E-state index in [2.05, 4.69) is 5.32 Å². The molecule has 0 aliphatic heterocycles. The molecule has 110 valence electrons. The lowest BCUT2D eigenvalue weighted by atomic mass is 9.84. The lowest BCUT2D eigenvalue weighted by Gasteiger charge is -2.28. The zero-order chi connectivity index (χ0) is 14.1. The molecule has 1 fully saturated rings. The molecule has 19 heavy (non-hydrogen) atoms. The topological polar surface area (TPSA) is 75.6 Å². The van der Waals surface area contributed by atoms with Gasteiger partial charge in [0.15, 0.2) is 0 Å². The van der Waals surface area contributed by atoms with Gasteiger partial charge in [0.2, 0.25) is 5.91 Å². The molecule has 0 bridgehead atoms. The molecule has 0 spiro atoms. The SMILES string of the molecule is CCCOCCC(=O)NC(C(=O)O)C1CCCCC1. The third-order valence-corrected chi connectivity index (χ3v) is 3.53. The molecule has 5 nitrogen and oxygen atoms in total. The fourth-order valence-electron chi connectivity index (χ4n) is 2.51. The number of rotatable bonds is 8. The van der Waals surface area contributed by atoms with Crippen molar-refractivity contribution < 1.29 is 19.4 Å². The van der Waals surface area contributed by atoms with E-state index in [1.54, 1.807) is 0 Å². The Hall–Kier alpha value is -1.10. The molecule has 1 rings (SSSR count). The third kappa shape index (κ3) is 6.05. The van der Waals surface area contributed by atoms with E-state index >= 15 is 0 Å². The van der Waals surface area contributed by atoms with Crippen LogP contribution in [0, 0.1) is 5.92 Å². The van der Waals surface area contributed by atoms with Crippen molar-refractivity contribution in [3.63, 3.8) is 0 Å². The number of carboxylic acids is 1. The highest BCUT2D eigenvalue weighted by atomic mass is 16.5. The maximum absolute atomic E-state index is 11.7. The minimum Gasteiger partial charge on any atom is -0.480 e. The van der Waals surface area contributed by atoms with Gasteiger partial charge in [0.1, 0.15) is 6.04 Å². The Morgan fingerprint density at radius 3 is 2.53 bits per heavy atom. The molecular formula is C14H25NO4. The molecule has 1 aliphatic rings. The Bertz CT molecular complexity index is 287. The minimum atomic E-state index is -0.922. The van der Waals surface area contributed by atoms with Crippen molar-refractivity contribution >= 4 is 11.9 Å². The van der Waals surface area contributed by atoms with Crippen LogP contribution in [0.5, 0.6) is 0 Å². The maximum Gasteiger partial charge on any atom is 0.326 e. The van der Waals surface area contributed by atoms with Crippen molar-refractivity contribution in [2.45, 2.75) is 57.9 Å². The fourth-order valence-corrected chi connectivity index (χ4v) is 2.51. The first-order valence-corrected chi connectivity index (χ1v) is 7.25. The molecule has 0 aromatic rings. The van der Waals surface area contributed by atoms with Crippen molar-refractivity contribution in [2.24, 2.45) is 5.92 Å². The molecule has 1 aliphatic carbocycles. The number of carbonyl (C=O) groups is 2. The van der Waals surface area contributed by atoms with Crippen molar-refractivity contribution in [3.05, 3.63) is 0 Å². The summed E-state index contributed by atoms with van der Waals surface area (Å²) in [5, 5.41) is 11.9. The number of nitrogens with one attached hydrogen (secondary N) is 1. The van der Waals surface area contributed by atoms with Crippen LogP contribution < -0.4 is 5.32 Å². The van der Waals surface area contributed by atoms with Crippen molar-refractivity contribution in [1.82, 2.24) is 5.32 Å². The van der Waals surface area contributed by atoms with Gasteiger partial charge in [-0.05, 0) is 25.2 Å². The van der Waals surface area contributed by atoms with Crippen LogP contribution in [0.4, 0.5) is 0 Å². The molecular weight excluding hydrogens is 246 g/mol. The average molecular weight is 271 g/mol. The maximum atomic E-state index is 11.7. The first-order valence-electron chi connectivity index (χ1n) is 7.25. The van der Waals surface area contributed by atoms with Gasteiger partial charge < -0.3 is 15.2 Å². The normalized spacial score (nSPS) is 17.9. The summed E-state index contributed by atoms with van der Waals surface area (Å²) >= 11 is 0. The lowest BCUT2D eigenvalue weighted by molar-refractivity contribution is -0.144. The van der Waals surface area contributed by atoms with E-state index in [0.717, 1.165) is 32.1 Å². The van der Waals surface area contributed by atoms with Crippen molar-refractivity contribution in [2.75, 3.05) is 13.2 Å². The molecule has 0 radical (unpaired) electrons. The predicted molar refractivity (Wildman–Crippen MR) is 71.9 cm³/mol. The van der Waals surface area contributed by atoms with E-state index in [4.69, 9.17) is 4.74 Å². The van der Waals surface area contributed by atoms with Gasteiger partial charge in [-0.3, -0.25) is 4.79 Å². The van der Waals surface area contributed by atoms with Crippen LogP contribution in [0.25, 0.3) is 0 Å². The molecule has 0 aromatic heterocycles. The largest absolute Gasteiger partial charge is 0.480 e. The summed E-state index contributed by atoms with van der Waals surface area (Å²) in [5.74, 6) is -1.07. The van der Waals surface area contributed by atoms with E-state index in [9.17, 15) is 14.7 Å². The Morgan fingerprint density at radius 2 is 1.95 bits per heavy atom. The Kier molecular flexibility index (Phi) is 7.48. The van der Waals surface area contributed by atoms with Crippen LogP contribution in [0.1, 0.15) is 51.9 Å². The summed E-state index contributed by atoms with van der Waals surface area (Å²) in [4.78, 5) is 23.0. The van der Waals surface area contributed by atoms with E-state index in [1.807, 2.05) is 6.92 Å². The quantitative estimate of drug-likeness (QED) is 0.662. The van der Waals surface area contributed by atoms with E-state index in [-0.39, 0.29) is 18.2 Å². The highest BCUT2D eigenvalue weighted by Gasteiger charge is 2.30. The fraction of sp³-hybridized carbons (Fsp3) is 0.857. The summed E-state index contributed by atoms with van der Waals surface area (Å²) < 4.78 is 5.23. The number of carboxylic acid groups (broad SMARTS) is 1. The van der Waals surface area contributed by atoms with Crippen LogP contribution in [-0.2, 0) is 14.3 Å². The van der Waals surface area contributed by atoms with Gasteiger partial charge in [0.05, 0.1) is 6.61 Å². The van der Waals surface area contributed by atoms with E-state index in [0.29, 0.717) is 13.2 Å². The molecule has 0 aromatic carbocycles. The summed E-state index contributed by atoms with van der Waals surface area (Å²) in [5.41, 5.74) is 0. The van der Waals surface area contributed by atoms with Gasteiger partial charge in [-0.2, -0.15) is 0 Å². The van der Waals surface area contributed by atoms with Gasteiger partial charge in [0, 0.05) is 13.0 Å². The average Bonchev–Trinajstić information content (AvgIpc) is 2.41. The monoisotopic (exact) mass is 271 g/mol. The molecule has 1 saturated carbocycles. The van der Waals surface area contributed by atoms with Crippen molar-refractivity contribution in [1.29, 1.82) is 0 Å². The second-order valence-electron chi connectivity index (χ2n) is 5.14. The van der Waals surface area contributed by atoms with Crippen LogP contribution in [-0.4, -0.2) is 36.2 Å². The van der Waals surface area contributed by atoms with Gasteiger partial charge in [-0.25, -0.2) is 4.79 Å². The van der Waals surface area contributed by atoms with Crippen LogP contribution in [0.2, 0.25) is 0 Å². The van der Waals surface area contributed by atoms with E-state index < -0.39 is 12.0 Å². The summed E-state index contributed by atoms with van der Waals surface area (Å²) in [6.45, 7) is 3.00. The number of hydrogen-bond acceptors (Lipinski definition) is 3. The number of hydrogen-bond donors (Lipinski definition) is 2.